The molecule has 0 fully saturated rings. The number of hydrogen-bond donors (Lipinski definition) is 1. The maximum atomic E-state index is 12.7. The number of fused-ring (bicyclic) bond motifs is 1. The average Bonchev–Trinajstić information content (AvgIpc) is 3.37. The standard InChI is InChI=1S/C23H21N5OS/c29-22(19-15-30-23(25-19)16-8-3-1-4-9-16)24-18-11-7-10-17(14-18)21-27-26-20-12-5-2-6-13-28(20)21/h1,3-4,7-11,14-15H,2,5-6,12-13H2,(H,24,29). The first kappa shape index (κ1) is 18.7. The van der Waals surface area contributed by atoms with E-state index in [9.17, 15) is 4.79 Å². The molecule has 0 spiro atoms. The van der Waals surface area contributed by atoms with Crippen molar-refractivity contribution < 1.29 is 4.79 Å². The summed E-state index contributed by atoms with van der Waals surface area (Å²) in [6, 6.07) is 17.6. The van der Waals surface area contributed by atoms with E-state index < -0.39 is 0 Å². The lowest BCUT2D eigenvalue weighted by atomic mass is 10.2. The molecule has 0 saturated carbocycles. The van der Waals surface area contributed by atoms with E-state index in [2.05, 4.69) is 25.1 Å². The number of carbonyl (C=O) groups excluding carboxylic acids is 1. The van der Waals surface area contributed by atoms with Gasteiger partial charge in [-0.2, -0.15) is 0 Å². The van der Waals surface area contributed by atoms with Crippen LogP contribution in [0.4, 0.5) is 5.69 Å². The van der Waals surface area contributed by atoms with Crippen molar-refractivity contribution in [3.05, 3.63) is 71.5 Å². The van der Waals surface area contributed by atoms with Gasteiger partial charge in [-0.25, -0.2) is 4.98 Å². The number of rotatable bonds is 4. The van der Waals surface area contributed by atoms with Crippen molar-refractivity contribution in [1.82, 2.24) is 19.7 Å². The average molecular weight is 416 g/mol. The summed E-state index contributed by atoms with van der Waals surface area (Å²) < 4.78 is 2.21. The summed E-state index contributed by atoms with van der Waals surface area (Å²) in [4.78, 5) is 17.2. The fourth-order valence-electron chi connectivity index (χ4n) is 3.72. The normalized spacial score (nSPS) is 13.5. The lowest BCUT2D eigenvalue weighted by molar-refractivity contribution is 0.102. The van der Waals surface area contributed by atoms with Gasteiger partial charge in [0.15, 0.2) is 5.82 Å². The Hall–Kier alpha value is -3.32. The summed E-state index contributed by atoms with van der Waals surface area (Å²) in [5.74, 6) is 1.70. The fourth-order valence-corrected chi connectivity index (χ4v) is 4.53. The number of hydrogen-bond acceptors (Lipinski definition) is 5. The van der Waals surface area contributed by atoms with Gasteiger partial charge in [0, 0.05) is 35.2 Å². The van der Waals surface area contributed by atoms with Gasteiger partial charge in [0.1, 0.15) is 16.5 Å². The Morgan fingerprint density at radius 1 is 0.967 bits per heavy atom. The van der Waals surface area contributed by atoms with E-state index in [1.807, 2.05) is 54.6 Å². The molecule has 0 bridgehead atoms. The predicted molar refractivity (Wildman–Crippen MR) is 119 cm³/mol. The highest BCUT2D eigenvalue weighted by atomic mass is 32.1. The SMILES string of the molecule is O=C(Nc1cccc(-c2nnc3n2CCCCC3)c1)c1csc(-c2ccccc2)n1. The van der Waals surface area contributed by atoms with Gasteiger partial charge in [-0.1, -0.05) is 48.9 Å². The highest BCUT2D eigenvalue weighted by Gasteiger charge is 2.17. The number of thiazole rings is 1. The number of aryl methyl sites for hydroxylation is 1. The minimum absolute atomic E-state index is 0.217. The van der Waals surface area contributed by atoms with Crippen LogP contribution in [-0.4, -0.2) is 25.7 Å². The van der Waals surface area contributed by atoms with Crippen LogP contribution in [0.1, 0.15) is 35.6 Å². The first-order valence-electron chi connectivity index (χ1n) is 10.1. The number of aromatic nitrogens is 4. The zero-order valence-electron chi connectivity index (χ0n) is 16.4. The minimum Gasteiger partial charge on any atom is -0.321 e. The molecule has 1 amide bonds. The molecule has 0 saturated heterocycles. The number of carbonyl (C=O) groups is 1. The third kappa shape index (κ3) is 3.76. The Morgan fingerprint density at radius 3 is 2.73 bits per heavy atom. The topological polar surface area (TPSA) is 72.7 Å². The molecule has 7 heteroatoms. The first-order chi connectivity index (χ1) is 14.8. The van der Waals surface area contributed by atoms with E-state index in [0.717, 1.165) is 59.3 Å². The Morgan fingerprint density at radius 2 is 1.83 bits per heavy atom. The van der Waals surface area contributed by atoms with Gasteiger partial charge in [0.25, 0.3) is 5.91 Å². The highest BCUT2D eigenvalue weighted by molar-refractivity contribution is 7.13. The van der Waals surface area contributed by atoms with Crippen molar-refractivity contribution in [2.75, 3.05) is 5.32 Å². The van der Waals surface area contributed by atoms with Crippen molar-refractivity contribution in [3.63, 3.8) is 0 Å². The Balaban J connectivity index is 1.36. The van der Waals surface area contributed by atoms with Crippen molar-refractivity contribution >= 4 is 22.9 Å². The molecule has 3 heterocycles. The summed E-state index contributed by atoms with van der Waals surface area (Å²) in [5.41, 5.74) is 3.10. The molecule has 30 heavy (non-hydrogen) atoms. The van der Waals surface area contributed by atoms with E-state index in [-0.39, 0.29) is 5.91 Å². The number of benzene rings is 2. The van der Waals surface area contributed by atoms with E-state index in [0.29, 0.717) is 5.69 Å². The molecular formula is C23H21N5OS. The highest BCUT2D eigenvalue weighted by Crippen LogP contribution is 2.26. The zero-order chi connectivity index (χ0) is 20.3. The van der Waals surface area contributed by atoms with Gasteiger partial charge < -0.3 is 9.88 Å². The Bertz CT molecular complexity index is 1180. The van der Waals surface area contributed by atoms with Crippen LogP contribution >= 0.6 is 11.3 Å². The van der Waals surface area contributed by atoms with Crippen LogP contribution in [0.2, 0.25) is 0 Å². The molecule has 2 aromatic heterocycles. The maximum Gasteiger partial charge on any atom is 0.275 e. The van der Waals surface area contributed by atoms with E-state index in [4.69, 9.17) is 0 Å². The van der Waals surface area contributed by atoms with Crippen LogP contribution in [0.15, 0.2) is 60.0 Å². The molecule has 2 aromatic carbocycles. The van der Waals surface area contributed by atoms with E-state index in [1.165, 1.54) is 17.8 Å². The molecule has 4 aromatic rings. The number of nitrogens with one attached hydrogen (secondary N) is 1. The van der Waals surface area contributed by atoms with Gasteiger partial charge in [0.05, 0.1) is 0 Å². The van der Waals surface area contributed by atoms with Gasteiger partial charge in [-0.05, 0) is 25.0 Å². The summed E-state index contributed by atoms with van der Waals surface area (Å²) in [5, 5.41) is 14.4. The molecule has 5 rings (SSSR count). The lowest BCUT2D eigenvalue weighted by Gasteiger charge is -2.09. The smallest absolute Gasteiger partial charge is 0.275 e. The van der Waals surface area contributed by atoms with Crippen LogP contribution in [-0.2, 0) is 13.0 Å². The molecule has 0 radical (unpaired) electrons. The Labute approximate surface area is 178 Å². The summed E-state index contributed by atoms with van der Waals surface area (Å²) in [6.45, 7) is 0.940. The van der Waals surface area contributed by atoms with Crippen LogP contribution in [0, 0.1) is 0 Å². The molecule has 0 unspecified atom stereocenters. The molecule has 6 nitrogen and oxygen atoms in total. The van der Waals surface area contributed by atoms with Gasteiger partial charge in [-0.3, -0.25) is 4.79 Å². The molecule has 0 atom stereocenters. The maximum absolute atomic E-state index is 12.7. The van der Waals surface area contributed by atoms with Crippen LogP contribution in [0.5, 0.6) is 0 Å². The van der Waals surface area contributed by atoms with Crippen LogP contribution in [0.25, 0.3) is 22.0 Å². The van der Waals surface area contributed by atoms with Crippen molar-refractivity contribution in [2.45, 2.75) is 32.2 Å². The third-order valence-electron chi connectivity index (χ3n) is 5.25. The first-order valence-corrected chi connectivity index (χ1v) is 11.0. The van der Waals surface area contributed by atoms with Crippen molar-refractivity contribution in [1.29, 1.82) is 0 Å². The largest absolute Gasteiger partial charge is 0.321 e. The number of amides is 1. The third-order valence-corrected chi connectivity index (χ3v) is 6.14. The minimum atomic E-state index is -0.217. The second kappa shape index (κ2) is 8.20. The van der Waals surface area contributed by atoms with Crippen molar-refractivity contribution in [2.24, 2.45) is 0 Å². The van der Waals surface area contributed by atoms with Gasteiger partial charge >= 0.3 is 0 Å². The van der Waals surface area contributed by atoms with E-state index in [1.54, 1.807) is 5.38 Å². The zero-order valence-corrected chi connectivity index (χ0v) is 17.2. The number of nitrogens with zero attached hydrogens (tertiary/aromatic N) is 4. The fraction of sp³-hybridized carbons (Fsp3) is 0.217. The molecule has 1 N–H and O–H groups in total. The summed E-state index contributed by atoms with van der Waals surface area (Å²) in [6.07, 6.45) is 4.49. The molecular weight excluding hydrogens is 394 g/mol. The van der Waals surface area contributed by atoms with Crippen molar-refractivity contribution in [3.8, 4) is 22.0 Å². The lowest BCUT2D eigenvalue weighted by Crippen LogP contribution is -2.12. The quantitative estimate of drug-likeness (QED) is 0.506. The number of anilines is 1. The summed E-state index contributed by atoms with van der Waals surface area (Å²) in [7, 11) is 0. The predicted octanol–water partition coefficient (Wildman–Crippen LogP) is 5.05. The van der Waals surface area contributed by atoms with Gasteiger partial charge in [-0.15, -0.1) is 21.5 Å². The second-order valence-electron chi connectivity index (χ2n) is 7.34. The molecule has 1 aliphatic rings. The van der Waals surface area contributed by atoms with Gasteiger partial charge in [0.2, 0.25) is 0 Å². The molecule has 0 aliphatic carbocycles. The van der Waals surface area contributed by atoms with Crippen LogP contribution < -0.4 is 5.32 Å². The molecule has 150 valence electrons. The monoisotopic (exact) mass is 415 g/mol. The molecule has 1 aliphatic heterocycles. The van der Waals surface area contributed by atoms with Crippen LogP contribution in [0.3, 0.4) is 0 Å². The summed E-state index contributed by atoms with van der Waals surface area (Å²) >= 11 is 1.47. The Kier molecular flexibility index (Phi) is 5.11. The second-order valence-corrected chi connectivity index (χ2v) is 8.20. The van der Waals surface area contributed by atoms with E-state index >= 15 is 0 Å².